The number of phenolic OH excluding ortho intramolecular Hbond substituents is 1. The van der Waals surface area contributed by atoms with Crippen LogP contribution in [0.25, 0.3) is 0 Å². The molecule has 0 spiro atoms. The molecule has 2 nitrogen and oxygen atoms in total. The Balaban J connectivity index is 1.98. The van der Waals surface area contributed by atoms with E-state index < -0.39 is 0 Å². The summed E-state index contributed by atoms with van der Waals surface area (Å²) in [5, 5.41) is 10.2. The Morgan fingerprint density at radius 3 is 2.46 bits per heavy atom. The van der Waals surface area contributed by atoms with Crippen LogP contribution in [0, 0.1) is 18.3 Å². The van der Waals surface area contributed by atoms with Crippen LogP contribution >= 0.6 is 0 Å². The molecule has 124 valence electrons. The first-order chi connectivity index (χ1) is 11.3. The number of carbonyl (C=O) groups is 1. The number of rotatable bonds is 4. The van der Waals surface area contributed by atoms with E-state index in [4.69, 9.17) is 0 Å². The maximum Gasteiger partial charge on any atom is 0.170 e. The van der Waals surface area contributed by atoms with Gasteiger partial charge in [0.25, 0.3) is 0 Å². The van der Waals surface area contributed by atoms with Crippen molar-refractivity contribution in [2.24, 2.45) is 11.3 Å². The van der Waals surface area contributed by atoms with E-state index in [1.165, 1.54) is 5.56 Å². The fraction of sp³-hybridized carbons (Fsp3) is 0.318. The molecule has 3 rings (SSSR count). The van der Waals surface area contributed by atoms with Crippen molar-refractivity contribution in [2.75, 3.05) is 0 Å². The van der Waals surface area contributed by atoms with Gasteiger partial charge in [0.1, 0.15) is 5.75 Å². The van der Waals surface area contributed by atoms with Gasteiger partial charge in [-0.05, 0) is 48.9 Å². The molecule has 0 bridgehead atoms. The average molecular weight is 320 g/mol. The maximum absolute atomic E-state index is 13.1. The van der Waals surface area contributed by atoms with E-state index in [1.807, 2.05) is 38.1 Å². The van der Waals surface area contributed by atoms with Gasteiger partial charge in [0.15, 0.2) is 5.78 Å². The van der Waals surface area contributed by atoms with Crippen LogP contribution in [0.4, 0.5) is 0 Å². The highest BCUT2D eigenvalue weighted by Gasteiger charge is 2.54. The quantitative estimate of drug-likeness (QED) is 0.615. The molecule has 0 radical (unpaired) electrons. The van der Waals surface area contributed by atoms with Gasteiger partial charge >= 0.3 is 0 Å². The zero-order chi connectivity index (χ0) is 17.5. The SMILES string of the molecule is C=C(C)[C@@]1(C)C[C@@H](C(=O)c2ccc(C)cc2O)[C@@H]1c1ccccc1. The van der Waals surface area contributed by atoms with Gasteiger partial charge in [-0.3, -0.25) is 4.79 Å². The Labute approximate surface area is 143 Å². The van der Waals surface area contributed by atoms with Crippen LogP contribution in [-0.2, 0) is 0 Å². The predicted molar refractivity (Wildman–Crippen MR) is 97.4 cm³/mol. The van der Waals surface area contributed by atoms with Crippen LogP contribution in [0.1, 0.15) is 47.7 Å². The number of Topliss-reactive ketones (excluding diaryl/α,β-unsaturated/α-hetero) is 1. The zero-order valence-corrected chi connectivity index (χ0v) is 14.5. The first-order valence-corrected chi connectivity index (χ1v) is 8.39. The van der Waals surface area contributed by atoms with Gasteiger partial charge in [-0.2, -0.15) is 0 Å². The summed E-state index contributed by atoms with van der Waals surface area (Å²) in [6, 6.07) is 15.5. The van der Waals surface area contributed by atoms with Crippen LogP contribution in [0.2, 0.25) is 0 Å². The van der Waals surface area contributed by atoms with Crippen LogP contribution in [0.15, 0.2) is 60.7 Å². The molecule has 2 aromatic carbocycles. The van der Waals surface area contributed by atoms with E-state index in [9.17, 15) is 9.90 Å². The van der Waals surface area contributed by atoms with Crippen molar-refractivity contribution < 1.29 is 9.90 Å². The molecule has 0 heterocycles. The number of benzene rings is 2. The summed E-state index contributed by atoms with van der Waals surface area (Å²) in [7, 11) is 0. The number of hydrogen-bond donors (Lipinski definition) is 1. The number of hydrogen-bond acceptors (Lipinski definition) is 2. The largest absolute Gasteiger partial charge is 0.507 e. The van der Waals surface area contributed by atoms with Crippen LogP contribution < -0.4 is 0 Å². The zero-order valence-electron chi connectivity index (χ0n) is 14.5. The van der Waals surface area contributed by atoms with Crippen molar-refractivity contribution >= 4 is 5.78 Å². The molecule has 3 atom stereocenters. The fourth-order valence-corrected chi connectivity index (χ4v) is 3.98. The molecular formula is C22H24O2. The van der Waals surface area contributed by atoms with Gasteiger partial charge in [0, 0.05) is 11.8 Å². The Bertz CT molecular complexity index is 791. The lowest BCUT2D eigenvalue weighted by Crippen LogP contribution is -2.48. The van der Waals surface area contributed by atoms with Crippen LogP contribution in [-0.4, -0.2) is 10.9 Å². The number of ketones is 1. The topological polar surface area (TPSA) is 37.3 Å². The van der Waals surface area contributed by atoms with Gasteiger partial charge in [0.05, 0.1) is 5.56 Å². The summed E-state index contributed by atoms with van der Waals surface area (Å²) >= 11 is 0. The molecule has 2 heteroatoms. The van der Waals surface area contributed by atoms with Gasteiger partial charge in [-0.1, -0.05) is 55.5 Å². The van der Waals surface area contributed by atoms with E-state index in [1.54, 1.807) is 12.1 Å². The molecular weight excluding hydrogens is 296 g/mol. The second-order valence-corrected chi connectivity index (χ2v) is 7.28. The van der Waals surface area contributed by atoms with Crippen LogP contribution in [0.5, 0.6) is 5.75 Å². The predicted octanol–water partition coefficient (Wildman–Crippen LogP) is 5.27. The highest BCUT2D eigenvalue weighted by Crippen LogP contribution is 2.61. The lowest BCUT2D eigenvalue weighted by molar-refractivity contribution is 0.0477. The monoisotopic (exact) mass is 320 g/mol. The lowest BCUT2D eigenvalue weighted by atomic mass is 9.49. The summed E-state index contributed by atoms with van der Waals surface area (Å²) in [5.74, 6) is 0.0860. The van der Waals surface area contributed by atoms with Crippen molar-refractivity contribution in [3.05, 3.63) is 77.4 Å². The lowest BCUT2D eigenvalue weighted by Gasteiger charge is -2.54. The molecule has 1 aliphatic carbocycles. The smallest absolute Gasteiger partial charge is 0.170 e. The Hall–Kier alpha value is -2.35. The molecule has 1 N–H and O–H groups in total. The van der Waals surface area contributed by atoms with Gasteiger partial charge in [-0.25, -0.2) is 0 Å². The van der Waals surface area contributed by atoms with E-state index in [-0.39, 0.29) is 28.8 Å². The maximum atomic E-state index is 13.1. The molecule has 0 unspecified atom stereocenters. The minimum Gasteiger partial charge on any atom is -0.507 e. The summed E-state index contributed by atoms with van der Waals surface area (Å²) in [4.78, 5) is 13.1. The molecule has 1 aliphatic rings. The summed E-state index contributed by atoms with van der Waals surface area (Å²) in [6.45, 7) is 10.3. The van der Waals surface area contributed by atoms with E-state index in [0.717, 1.165) is 17.6 Å². The number of allylic oxidation sites excluding steroid dienone is 1. The van der Waals surface area contributed by atoms with Crippen molar-refractivity contribution in [2.45, 2.75) is 33.1 Å². The van der Waals surface area contributed by atoms with Crippen molar-refractivity contribution in [1.29, 1.82) is 0 Å². The van der Waals surface area contributed by atoms with Crippen molar-refractivity contribution in [3.8, 4) is 5.75 Å². The standard InChI is InChI=1S/C22H24O2/c1-14(2)22(4)13-18(20(22)16-8-6-5-7-9-16)21(24)17-11-10-15(3)12-19(17)23/h5-12,18,20,23H,1,13H2,2-4H3/t18-,20+,22-/m1/s1. The minimum atomic E-state index is -0.122. The highest BCUT2D eigenvalue weighted by atomic mass is 16.3. The molecule has 0 amide bonds. The molecule has 1 fully saturated rings. The Morgan fingerprint density at radius 1 is 1.21 bits per heavy atom. The Morgan fingerprint density at radius 2 is 1.88 bits per heavy atom. The first kappa shape index (κ1) is 16.5. The molecule has 24 heavy (non-hydrogen) atoms. The summed E-state index contributed by atoms with van der Waals surface area (Å²) in [6.07, 6.45) is 0.772. The van der Waals surface area contributed by atoms with E-state index in [0.29, 0.717) is 5.56 Å². The molecule has 1 saturated carbocycles. The molecule has 0 aliphatic heterocycles. The average Bonchev–Trinajstić information content (AvgIpc) is 2.52. The molecule has 2 aromatic rings. The molecule has 0 aromatic heterocycles. The van der Waals surface area contributed by atoms with Gasteiger partial charge < -0.3 is 5.11 Å². The van der Waals surface area contributed by atoms with Crippen molar-refractivity contribution in [1.82, 2.24) is 0 Å². The Kier molecular flexibility index (Phi) is 4.08. The highest BCUT2D eigenvalue weighted by molar-refractivity contribution is 6.01. The third-order valence-corrected chi connectivity index (χ3v) is 5.62. The molecule has 0 saturated heterocycles. The van der Waals surface area contributed by atoms with Gasteiger partial charge in [0.2, 0.25) is 0 Å². The first-order valence-electron chi connectivity index (χ1n) is 8.39. The van der Waals surface area contributed by atoms with Gasteiger partial charge in [-0.15, -0.1) is 0 Å². The normalized spacial score (nSPS) is 25.8. The van der Waals surface area contributed by atoms with E-state index >= 15 is 0 Å². The summed E-state index contributed by atoms with van der Waals surface area (Å²) < 4.78 is 0. The second-order valence-electron chi connectivity index (χ2n) is 7.28. The minimum absolute atomic E-state index is 0.0279. The van der Waals surface area contributed by atoms with Crippen LogP contribution in [0.3, 0.4) is 0 Å². The number of aryl methyl sites for hydroxylation is 1. The summed E-state index contributed by atoms with van der Waals surface area (Å²) in [5.41, 5.74) is 3.56. The number of carbonyl (C=O) groups excluding carboxylic acids is 1. The second kappa shape index (κ2) is 5.94. The number of aromatic hydroxyl groups is 1. The third-order valence-electron chi connectivity index (χ3n) is 5.62. The fourth-order valence-electron chi connectivity index (χ4n) is 3.98. The third kappa shape index (κ3) is 2.56. The van der Waals surface area contributed by atoms with Crippen molar-refractivity contribution in [3.63, 3.8) is 0 Å². The number of phenols is 1. The van der Waals surface area contributed by atoms with E-state index in [2.05, 4.69) is 25.6 Å².